The SMILES string of the molecule is N#CCNC(=O)CSc1c(N)cccc1Cl. The van der Waals surface area contributed by atoms with Crippen molar-refractivity contribution in [3.63, 3.8) is 0 Å². The molecule has 6 heteroatoms. The number of hydrogen-bond donors (Lipinski definition) is 2. The zero-order chi connectivity index (χ0) is 12.0. The number of nitrogens with zero attached hydrogens (tertiary/aromatic N) is 1. The third kappa shape index (κ3) is 3.65. The zero-order valence-electron chi connectivity index (χ0n) is 8.37. The molecule has 84 valence electrons. The predicted molar refractivity (Wildman–Crippen MR) is 65.2 cm³/mol. The van der Waals surface area contributed by atoms with Crippen LogP contribution in [0.4, 0.5) is 5.69 Å². The molecule has 0 aliphatic heterocycles. The summed E-state index contributed by atoms with van der Waals surface area (Å²) in [7, 11) is 0. The van der Waals surface area contributed by atoms with E-state index in [1.54, 1.807) is 18.2 Å². The van der Waals surface area contributed by atoms with Gasteiger partial charge in [-0.25, -0.2) is 0 Å². The molecule has 0 fully saturated rings. The number of nitrogens with two attached hydrogens (primary N) is 1. The first kappa shape index (κ1) is 12.7. The van der Waals surface area contributed by atoms with Gasteiger partial charge in [0.05, 0.1) is 16.8 Å². The molecule has 1 aromatic carbocycles. The second-order valence-corrected chi connectivity index (χ2v) is 4.27. The Hall–Kier alpha value is -1.38. The van der Waals surface area contributed by atoms with Crippen LogP contribution in [0.5, 0.6) is 0 Å². The number of carbonyl (C=O) groups excluding carboxylic acids is 1. The van der Waals surface area contributed by atoms with Crippen molar-refractivity contribution in [1.29, 1.82) is 5.26 Å². The molecular formula is C10H10ClN3OS. The zero-order valence-corrected chi connectivity index (χ0v) is 9.94. The highest BCUT2D eigenvalue weighted by Crippen LogP contribution is 2.32. The molecule has 1 aromatic rings. The van der Waals surface area contributed by atoms with Crippen LogP contribution in [-0.4, -0.2) is 18.2 Å². The van der Waals surface area contributed by atoms with Crippen LogP contribution in [0.25, 0.3) is 0 Å². The molecule has 3 N–H and O–H groups in total. The number of rotatable bonds is 4. The number of hydrogen-bond acceptors (Lipinski definition) is 4. The topological polar surface area (TPSA) is 78.9 Å². The van der Waals surface area contributed by atoms with Crippen LogP contribution in [0.15, 0.2) is 23.1 Å². The molecule has 0 aliphatic rings. The van der Waals surface area contributed by atoms with Crippen LogP contribution < -0.4 is 11.1 Å². The second kappa shape index (κ2) is 6.26. The Balaban J connectivity index is 2.55. The monoisotopic (exact) mass is 255 g/mol. The number of benzene rings is 1. The standard InChI is InChI=1S/C10H10ClN3OS/c11-7-2-1-3-8(13)10(7)16-6-9(15)14-5-4-12/h1-3H,5-6,13H2,(H,14,15). The summed E-state index contributed by atoms with van der Waals surface area (Å²) < 4.78 is 0. The Morgan fingerprint density at radius 3 is 3.00 bits per heavy atom. The highest BCUT2D eigenvalue weighted by Gasteiger charge is 2.08. The van der Waals surface area contributed by atoms with E-state index in [-0.39, 0.29) is 18.2 Å². The van der Waals surface area contributed by atoms with Crippen molar-refractivity contribution in [1.82, 2.24) is 5.32 Å². The molecule has 0 saturated carbocycles. The number of carbonyl (C=O) groups is 1. The van der Waals surface area contributed by atoms with Crippen LogP contribution in [0.3, 0.4) is 0 Å². The van der Waals surface area contributed by atoms with Crippen LogP contribution >= 0.6 is 23.4 Å². The minimum absolute atomic E-state index is 0.0113. The van der Waals surface area contributed by atoms with E-state index in [1.165, 1.54) is 11.8 Å². The molecule has 0 unspecified atom stereocenters. The Bertz CT molecular complexity index is 410. The number of thioether (sulfide) groups is 1. The van der Waals surface area contributed by atoms with Crippen LogP contribution in [-0.2, 0) is 4.79 Å². The van der Waals surface area contributed by atoms with Gasteiger partial charge in [-0.2, -0.15) is 5.26 Å². The highest BCUT2D eigenvalue weighted by atomic mass is 35.5. The number of anilines is 1. The lowest BCUT2D eigenvalue weighted by Crippen LogP contribution is -2.25. The van der Waals surface area contributed by atoms with Crippen molar-refractivity contribution in [2.75, 3.05) is 18.0 Å². The van der Waals surface area contributed by atoms with Gasteiger partial charge in [0, 0.05) is 10.6 Å². The first-order valence-electron chi connectivity index (χ1n) is 4.45. The van der Waals surface area contributed by atoms with Crippen LogP contribution in [0.1, 0.15) is 0 Å². The van der Waals surface area contributed by atoms with Crippen LogP contribution in [0.2, 0.25) is 5.02 Å². The summed E-state index contributed by atoms with van der Waals surface area (Å²) in [6.07, 6.45) is 0. The number of nitrogen functional groups attached to an aromatic ring is 1. The summed E-state index contributed by atoms with van der Waals surface area (Å²) in [5.41, 5.74) is 6.27. The Morgan fingerprint density at radius 2 is 2.38 bits per heavy atom. The number of nitriles is 1. The van der Waals surface area contributed by atoms with Gasteiger partial charge in [-0.05, 0) is 12.1 Å². The maximum Gasteiger partial charge on any atom is 0.231 e. The minimum Gasteiger partial charge on any atom is -0.398 e. The van der Waals surface area contributed by atoms with E-state index in [1.807, 2.05) is 6.07 Å². The van der Waals surface area contributed by atoms with E-state index < -0.39 is 0 Å². The van der Waals surface area contributed by atoms with Crippen molar-refractivity contribution in [2.24, 2.45) is 0 Å². The van der Waals surface area contributed by atoms with Crippen molar-refractivity contribution in [3.8, 4) is 6.07 Å². The fraction of sp³-hybridized carbons (Fsp3) is 0.200. The third-order valence-electron chi connectivity index (χ3n) is 1.71. The molecule has 0 atom stereocenters. The Kier molecular flexibility index (Phi) is 4.96. The summed E-state index contributed by atoms with van der Waals surface area (Å²) in [6, 6.07) is 7.01. The van der Waals surface area contributed by atoms with Gasteiger partial charge >= 0.3 is 0 Å². The molecule has 0 bridgehead atoms. The molecule has 16 heavy (non-hydrogen) atoms. The lowest BCUT2D eigenvalue weighted by molar-refractivity contribution is -0.118. The van der Waals surface area contributed by atoms with Crippen molar-refractivity contribution in [3.05, 3.63) is 23.2 Å². The lowest BCUT2D eigenvalue weighted by Gasteiger charge is -2.06. The molecule has 0 aliphatic carbocycles. The third-order valence-corrected chi connectivity index (χ3v) is 3.29. The van der Waals surface area contributed by atoms with Gasteiger partial charge in [0.2, 0.25) is 5.91 Å². The predicted octanol–water partition coefficient (Wildman–Crippen LogP) is 1.65. The largest absolute Gasteiger partial charge is 0.398 e. The van der Waals surface area contributed by atoms with Gasteiger partial charge in [0.1, 0.15) is 6.54 Å². The highest BCUT2D eigenvalue weighted by molar-refractivity contribution is 8.00. The van der Waals surface area contributed by atoms with Crippen LogP contribution in [0, 0.1) is 11.3 Å². The van der Waals surface area contributed by atoms with E-state index in [4.69, 9.17) is 22.6 Å². The number of nitrogens with one attached hydrogen (secondary N) is 1. The fourth-order valence-corrected chi connectivity index (χ4v) is 2.17. The Labute approximate surface area is 103 Å². The normalized spacial score (nSPS) is 9.50. The number of halogens is 1. The van der Waals surface area contributed by atoms with Gasteiger partial charge in [0.25, 0.3) is 0 Å². The molecule has 0 radical (unpaired) electrons. The van der Waals surface area contributed by atoms with Crippen molar-refractivity contribution in [2.45, 2.75) is 4.90 Å². The smallest absolute Gasteiger partial charge is 0.231 e. The maximum atomic E-state index is 11.2. The van der Waals surface area contributed by atoms with Gasteiger partial charge in [-0.1, -0.05) is 17.7 Å². The molecule has 0 heterocycles. The summed E-state index contributed by atoms with van der Waals surface area (Å²) >= 11 is 7.19. The molecule has 0 saturated heterocycles. The van der Waals surface area contributed by atoms with Gasteiger partial charge in [0.15, 0.2) is 0 Å². The average molecular weight is 256 g/mol. The summed E-state index contributed by atoms with van der Waals surface area (Å²) in [5, 5.41) is 11.2. The summed E-state index contributed by atoms with van der Waals surface area (Å²) in [6.45, 7) is 0.0113. The van der Waals surface area contributed by atoms with E-state index in [2.05, 4.69) is 5.32 Å². The first-order chi connectivity index (χ1) is 7.65. The van der Waals surface area contributed by atoms with E-state index >= 15 is 0 Å². The second-order valence-electron chi connectivity index (χ2n) is 2.88. The van der Waals surface area contributed by atoms with Crippen molar-refractivity contribution < 1.29 is 4.79 Å². The quantitative estimate of drug-likeness (QED) is 0.487. The number of amides is 1. The van der Waals surface area contributed by atoms with Gasteiger partial charge in [-0.15, -0.1) is 11.8 Å². The molecule has 0 spiro atoms. The minimum atomic E-state index is -0.217. The molecule has 1 rings (SSSR count). The fourth-order valence-electron chi connectivity index (χ4n) is 1.00. The van der Waals surface area contributed by atoms with E-state index in [9.17, 15) is 4.79 Å². The average Bonchev–Trinajstić information content (AvgIpc) is 2.25. The lowest BCUT2D eigenvalue weighted by atomic mass is 10.3. The first-order valence-corrected chi connectivity index (χ1v) is 5.82. The maximum absolute atomic E-state index is 11.2. The molecule has 0 aromatic heterocycles. The van der Waals surface area contributed by atoms with E-state index in [0.717, 1.165) is 0 Å². The van der Waals surface area contributed by atoms with E-state index in [0.29, 0.717) is 15.6 Å². The van der Waals surface area contributed by atoms with Gasteiger partial charge < -0.3 is 11.1 Å². The summed E-state index contributed by atoms with van der Waals surface area (Å²) in [5.74, 6) is -0.0267. The Morgan fingerprint density at radius 1 is 1.62 bits per heavy atom. The van der Waals surface area contributed by atoms with Gasteiger partial charge in [-0.3, -0.25) is 4.79 Å². The molecule has 4 nitrogen and oxygen atoms in total. The molecule has 1 amide bonds. The summed E-state index contributed by atoms with van der Waals surface area (Å²) in [4.78, 5) is 11.9. The van der Waals surface area contributed by atoms with Crippen molar-refractivity contribution >= 4 is 35.0 Å². The molecular weight excluding hydrogens is 246 g/mol.